The zero-order chi connectivity index (χ0) is 21.3. The average molecular weight is 420 g/mol. The van der Waals surface area contributed by atoms with Gasteiger partial charge in [0.1, 0.15) is 0 Å². The van der Waals surface area contributed by atoms with Crippen LogP contribution < -0.4 is 5.43 Å². The molecule has 4 aromatic rings. The van der Waals surface area contributed by atoms with E-state index in [0.717, 1.165) is 16.7 Å². The fourth-order valence-corrected chi connectivity index (χ4v) is 3.85. The maximum absolute atomic E-state index is 12.1. The second-order valence-electron chi connectivity index (χ2n) is 7.13. The number of thioether (sulfide) groups is 1. The Labute approximate surface area is 178 Å². The van der Waals surface area contributed by atoms with E-state index < -0.39 is 0 Å². The lowest BCUT2D eigenvalue weighted by Crippen LogP contribution is -2.01. The lowest BCUT2D eigenvalue weighted by Gasteiger charge is -2.06. The molecule has 1 unspecified atom stereocenters. The van der Waals surface area contributed by atoms with E-state index in [2.05, 4.69) is 20.3 Å². The summed E-state index contributed by atoms with van der Waals surface area (Å²) in [5, 5.41) is 13.3. The van der Waals surface area contributed by atoms with Gasteiger partial charge in [0, 0.05) is 18.2 Å². The molecule has 0 saturated heterocycles. The number of benzene rings is 1. The maximum Gasteiger partial charge on any atom is 0.257 e. The molecule has 2 aromatic heterocycles. The summed E-state index contributed by atoms with van der Waals surface area (Å²) in [6, 6.07) is 15.0. The molecule has 4 rings (SSSR count). The second kappa shape index (κ2) is 8.23. The zero-order valence-corrected chi connectivity index (χ0v) is 18.0. The Kier molecular flexibility index (Phi) is 5.50. The number of hydrogen-bond donors (Lipinski definition) is 0. The number of aromatic nitrogens is 5. The van der Waals surface area contributed by atoms with Gasteiger partial charge in [-0.1, -0.05) is 52.8 Å². The molecule has 2 heterocycles. The lowest BCUT2D eigenvalue weighted by atomic mass is 10.1. The van der Waals surface area contributed by atoms with E-state index >= 15 is 0 Å². The molecule has 0 fully saturated rings. The van der Waals surface area contributed by atoms with E-state index in [1.165, 1.54) is 11.8 Å². The lowest BCUT2D eigenvalue weighted by molar-refractivity contribution is 0.423. The molecular formula is C22H21N5O2S. The highest BCUT2D eigenvalue weighted by molar-refractivity contribution is 7.99. The Bertz CT molecular complexity index is 1260. The molecule has 0 bridgehead atoms. The van der Waals surface area contributed by atoms with E-state index in [9.17, 15) is 4.79 Å². The van der Waals surface area contributed by atoms with Crippen molar-refractivity contribution in [3.05, 3.63) is 75.7 Å². The second-order valence-corrected chi connectivity index (χ2v) is 8.43. The van der Waals surface area contributed by atoms with Crippen LogP contribution in [0.2, 0.25) is 0 Å². The van der Waals surface area contributed by atoms with Gasteiger partial charge in [-0.15, -0.1) is 10.2 Å². The van der Waals surface area contributed by atoms with Crippen LogP contribution in [0.4, 0.5) is 0 Å². The predicted octanol–water partition coefficient (Wildman–Crippen LogP) is 4.36. The molecule has 0 saturated carbocycles. The first-order chi connectivity index (χ1) is 14.4. The minimum Gasteiger partial charge on any atom is -0.334 e. The number of nitrogens with zero attached hydrogens (tertiary/aromatic N) is 5. The van der Waals surface area contributed by atoms with Gasteiger partial charge < -0.3 is 9.09 Å². The van der Waals surface area contributed by atoms with Crippen molar-refractivity contribution in [2.45, 2.75) is 31.2 Å². The van der Waals surface area contributed by atoms with Crippen LogP contribution in [0.3, 0.4) is 0 Å². The Morgan fingerprint density at radius 3 is 2.60 bits per heavy atom. The minimum atomic E-state index is -0.0905. The summed E-state index contributed by atoms with van der Waals surface area (Å²) in [5.74, 6) is 1.71. The van der Waals surface area contributed by atoms with E-state index in [-0.39, 0.29) is 10.7 Å². The topological polar surface area (TPSA) is 86.7 Å². The van der Waals surface area contributed by atoms with Crippen molar-refractivity contribution >= 4 is 11.8 Å². The third-order valence-corrected chi connectivity index (χ3v) is 5.87. The summed E-state index contributed by atoms with van der Waals surface area (Å²) in [6.07, 6.45) is 0. The van der Waals surface area contributed by atoms with Crippen molar-refractivity contribution in [2.75, 3.05) is 0 Å². The Balaban J connectivity index is 1.57. The summed E-state index contributed by atoms with van der Waals surface area (Å²) < 4.78 is 7.32. The number of rotatable bonds is 5. The monoisotopic (exact) mass is 419 g/mol. The third kappa shape index (κ3) is 4.04. The highest BCUT2D eigenvalue weighted by Gasteiger charge is 2.20. The predicted molar refractivity (Wildman–Crippen MR) is 116 cm³/mol. The van der Waals surface area contributed by atoms with Gasteiger partial charge in [0.25, 0.3) is 5.89 Å². The van der Waals surface area contributed by atoms with Crippen molar-refractivity contribution < 1.29 is 4.52 Å². The van der Waals surface area contributed by atoms with Crippen molar-refractivity contribution in [1.82, 2.24) is 24.9 Å². The largest absolute Gasteiger partial charge is 0.334 e. The summed E-state index contributed by atoms with van der Waals surface area (Å²) in [4.78, 5) is 16.7. The van der Waals surface area contributed by atoms with Crippen LogP contribution in [0.15, 0.2) is 63.0 Å². The van der Waals surface area contributed by atoms with Crippen LogP contribution in [-0.2, 0) is 7.05 Å². The molecule has 0 aliphatic rings. The van der Waals surface area contributed by atoms with Crippen LogP contribution in [0.1, 0.15) is 29.1 Å². The van der Waals surface area contributed by atoms with E-state index in [1.807, 2.05) is 61.9 Å². The molecule has 0 amide bonds. The molecule has 0 N–H and O–H groups in total. The van der Waals surface area contributed by atoms with Gasteiger partial charge >= 0.3 is 0 Å². The molecule has 30 heavy (non-hydrogen) atoms. The zero-order valence-electron chi connectivity index (χ0n) is 17.2. The van der Waals surface area contributed by atoms with Crippen LogP contribution in [0.25, 0.3) is 22.8 Å². The smallest absolute Gasteiger partial charge is 0.257 e. The first-order valence-corrected chi connectivity index (χ1v) is 10.4. The van der Waals surface area contributed by atoms with Gasteiger partial charge in [0.2, 0.25) is 0 Å². The van der Waals surface area contributed by atoms with Crippen molar-refractivity contribution in [3.8, 4) is 22.8 Å². The summed E-state index contributed by atoms with van der Waals surface area (Å²) in [7, 11) is 1.88. The van der Waals surface area contributed by atoms with Gasteiger partial charge in [-0.25, -0.2) is 0 Å². The Hall–Kier alpha value is -3.26. The van der Waals surface area contributed by atoms with Crippen molar-refractivity contribution in [1.29, 1.82) is 0 Å². The van der Waals surface area contributed by atoms with Gasteiger partial charge in [0.15, 0.2) is 22.2 Å². The Morgan fingerprint density at radius 2 is 1.80 bits per heavy atom. The van der Waals surface area contributed by atoms with Crippen LogP contribution in [-0.4, -0.2) is 24.9 Å². The van der Waals surface area contributed by atoms with Gasteiger partial charge in [0.05, 0.1) is 5.25 Å². The fourth-order valence-electron chi connectivity index (χ4n) is 3.00. The minimum absolute atomic E-state index is 0.0314. The summed E-state index contributed by atoms with van der Waals surface area (Å²) >= 11 is 1.48. The van der Waals surface area contributed by atoms with Crippen LogP contribution in [0.5, 0.6) is 0 Å². The molecule has 7 nitrogen and oxygen atoms in total. The van der Waals surface area contributed by atoms with Gasteiger partial charge in [-0.05, 0) is 44.5 Å². The quantitative estimate of drug-likeness (QED) is 0.444. The molecule has 1 atom stereocenters. The SMILES string of the molecule is Cc1cccc(-c2nc(C(C)Sc3nnc(-c4cccc(C)c(=O)c4)n3C)no2)c1. The number of aryl methyl sites for hydroxylation is 2. The van der Waals surface area contributed by atoms with E-state index in [4.69, 9.17) is 4.52 Å². The molecule has 0 radical (unpaired) electrons. The molecule has 0 aliphatic carbocycles. The first kappa shape index (κ1) is 20.0. The van der Waals surface area contributed by atoms with Gasteiger partial charge in [-0.3, -0.25) is 4.79 Å². The van der Waals surface area contributed by atoms with E-state index in [1.54, 1.807) is 19.1 Å². The van der Waals surface area contributed by atoms with Crippen molar-refractivity contribution in [2.24, 2.45) is 7.05 Å². The highest BCUT2D eigenvalue weighted by atomic mass is 32.2. The molecular weight excluding hydrogens is 398 g/mol. The average Bonchev–Trinajstić information content (AvgIpc) is 3.31. The molecule has 0 spiro atoms. The third-order valence-electron chi connectivity index (χ3n) is 4.74. The maximum atomic E-state index is 12.1. The fraction of sp³-hybridized carbons (Fsp3) is 0.227. The molecule has 2 aromatic carbocycles. The molecule has 0 aliphatic heterocycles. The molecule has 8 heteroatoms. The summed E-state index contributed by atoms with van der Waals surface area (Å²) in [5.41, 5.74) is 3.41. The number of hydrogen-bond acceptors (Lipinski definition) is 7. The standard InChI is InChI=1S/C22H21N5O2S/c1-13-7-5-10-17(11-13)21-23-19(26-29-21)15(3)30-22-25-24-20(27(22)4)16-9-6-8-14(2)18(28)12-16/h5-12,15H,1-4H3. The van der Waals surface area contributed by atoms with Crippen LogP contribution >= 0.6 is 11.8 Å². The Morgan fingerprint density at radius 1 is 1.03 bits per heavy atom. The normalized spacial score (nSPS) is 12.1. The van der Waals surface area contributed by atoms with Crippen LogP contribution in [0, 0.1) is 13.8 Å². The van der Waals surface area contributed by atoms with Gasteiger partial charge in [-0.2, -0.15) is 4.98 Å². The highest BCUT2D eigenvalue weighted by Crippen LogP contribution is 2.34. The summed E-state index contributed by atoms with van der Waals surface area (Å²) in [6.45, 7) is 5.81. The molecule has 152 valence electrons. The van der Waals surface area contributed by atoms with Crippen molar-refractivity contribution in [3.63, 3.8) is 0 Å². The first-order valence-electron chi connectivity index (χ1n) is 9.50. The van der Waals surface area contributed by atoms with E-state index in [0.29, 0.717) is 28.3 Å².